The minimum absolute atomic E-state index is 0.757. The van der Waals surface area contributed by atoms with Crippen LogP contribution in [0.25, 0.3) is 10.1 Å². The number of thiophene rings is 1. The van der Waals surface area contributed by atoms with Crippen molar-refractivity contribution in [2.75, 3.05) is 0 Å². The molecule has 0 saturated heterocycles. The van der Waals surface area contributed by atoms with Gasteiger partial charge in [0.1, 0.15) is 0 Å². The zero-order valence-corrected chi connectivity index (χ0v) is 6.47. The third kappa shape index (κ3) is 0.935. The van der Waals surface area contributed by atoms with Gasteiger partial charge in [-0.1, -0.05) is 0 Å². The average Bonchev–Trinajstić information content (AvgIpc) is 2.47. The first-order chi connectivity index (χ1) is 5.42. The predicted octanol–water partition coefficient (Wildman–Crippen LogP) is 2.11. The first-order valence-electron chi connectivity index (χ1n) is 3.18. The van der Waals surface area contributed by atoms with Gasteiger partial charge in [0.25, 0.3) is 0 Å². The Morgan fingerprint density at radius 3 is 3.27 bits per heavy atom. The molecule has 0 unspecified atom stereocenters. The molecule has 0 saturated carbocycles. The van der Waals surface area contributed by atoms with Gasteiger partial charge in [-0.25, -0.2) is 0 Å². The number of carbonyl (C=O) groups is 1. The van der Waals surface area contributed by atoms with Crippen LogP contribution in [0.2, 0.25) is 0 Å². The average molecular weight is 163 g/mol. The molecule has 2 nitrogen and oxygen atoms in total. The third-order valence-corrected chi connectivity index (χ3v) is 2.49. The lowest BCUT2D eigenvalue weighted by Crippen LogP contribution is -1.74. The van der Waals surface area contributed by atoms with Crippen LogP contribution in [-0.4, -0.2) is 11.3 Å². The normalized spacial score (nSPS) is 10.2. The molecule has 0 bridgehead atoms. The molecule has 0 atom stereocenters. The van der Waals surface area contributed by atoms with Gasteiger partial charge in [0.2, 0.25) is 0 Å². The predicted molar refractivity (Wildman–Crippen MR) is 45.0 cm³/mol. The van der Waals surface area contributed by atoms with Gasteiger partial charge in [-0.2, -0.15) is 0 Å². The maximum atomic E-state index is 10.5. The molecule has 0 aliphatic rings. The van der Waals surface area contributed by atoms with Crippen LogP contribution in [0.3, 0.4) is 0 Å². The van der Waals surface area contributed by atoms with Crippen molar-refractivity contribution in [1.29, 1.82) is 0 Å². The van der Waals surface area contributed by atoms with Crippen LogP contribution in [0.15, 0.2) is 23.8 Å². The van der Waals surface area contributed by atoms with E-state index < -0.39 is 0 Å². The second-order valence-corrected chi connectivity index (χ2v) is 3.09. The quantitative estimate of drug-likeness (QED) is 0.602. The lowest BCUT2D eigenvalue weighted by molar-refractivity contribution is 0.112. The Hall–Kier alpha value is -1.22. The van der Waals surface area contributed by atoms with Crippen LogP contribution in [0.1, 0.15) is 10.4 Å². The summed E-state index contributed by atoms with van der Waals surface area (Å²) in [6, 6.07) is 1.86. The maximum absolute atomic E-state index is 10.5. The zero-order chi connectivity index (χ0) is 7.68. The van der Waals surface area contributed by atoms with Gasteiger partial charge in [-0.05, 0) is 6.07 Å². The van der Waals surface area contributed by atoms with E-state index in [0.29, 0.717) is 0 Å². The number of nitrogens with zero attached hydrogens (tertiary/aromatic N) is 1. The highest BCUT2D eigenvalue weighted by Gasteiger charge is 2.00. The monoisotopic (exact) mass is 163 g/mol. The summed E-state index contributed by atoms with van der Waals surface area (Å²) in [5.41, 5.74) is 0.757. The summed E-state index contributed by atoms with van der Waals surface area (Å²) < 4.78 is 1.06. The molecular weight excluding hydrogens is 158 g/mol. The summed E-state index contributed by atoms with van der Waals surface area (Å²) in [4.78, 5) is 14.4. The molecule has 2 aromatic heterocycles. The highest BCUT2D eigenvalue weighted by Crippen LogP contribution is 2.22. The molecule has 0 N–H and O–H groups in total. The second-order valence-electron chi connectivity index (χ2n) is 2.18. The molecule has 0 amide bonds. The fourth-order valence-corrected chi connectivity index (χ4v) is 1.87. The molecular formula is C8H5NOS. The van der Waals surface area contributed by atoms with Crippen molar-refractivity contribution < 1.29 is 4.79 Å². The highest BCUT2D eigenvalue weighted by molar-refractivity contribution is 7.17. The van der Waals surface area contributed by atoms with E-state index in [4.69, 9.17) is 0 Å². The number of aromatic nitrogens is 1. The Labute approximate surface area is 67.5 Å². The van der Waals surface area contributed by atoms with Crippen molar-refractivity contribution in [3.05, 3.63) is 29.4 Å². The van der Waals surface area contributed by atoms with E-state index in [1.54, 1.807) is 23.7 Å². The van der Waals surface area contributed by atoms with Crippen molar-refractivity contribution in [2.45, 2.75) is 0 Å². The number of carbonyl (C=O) groups excluding carboxylic acids is 1. The molecule has 2 rings (SSSR count). The molecule has 2 heterocycles. The molecule has 0 spiro atoms. The molecule has 2 aromatic rings. The summed E-state index contributed by atoms with van der Waals surface area (Å²) in [7, 11) is 0. The van der Waals surface area contributed by atoms with Crippen molar-refractivity contribution in [1.82, 2.24) is 4.98 Å². The van der Waals surface area contributed by atoms with Crippen LogP contribution in [-0.2, 0) is 0 Å². The minimum Gasteiger partial charge on any atom is -0.298 e. The third-order valence-electron chi connectivity index (χ3n) is 1.54. The first-order valence-corrected chi connectivity index (χ1v) is 4.06. The molecule has 0 aliphatic carbocycles. The lowest BCUT2D eigenvalue weighted by Gasteiger charge is -1.85. The minimum atomic E-state index is 0.757. The second kappa shape index (κ2) is 2.43. The summed E-state index contributed by atoms with van der Waals surface area (Å²) >= 11 is 1.54. The number of hydrogen-bond acceptors (Lipinski definition) is 3. The Morgan fingerprint density at radius 2 is 2.45 bits per heavy atom. The van der Waals surface area contributed by atoms with Gasteiger partial charge < -0.3 is 0 Å². The molecule has 0 radical (unpaired) electrons. The van der Waals surface area contributed by atoms with E-state index in [9.17, 15) is 4.79 Å². The fourth-order valence-electron chi connectivity index (χ4n) is 0.994. The van der Waals surface area contributed by atoms with E-state index in [1.807, 2.05) is 11.4 Å². The zero-order valence-electron chi connectivity index (χ0n) is 5.65. The number of aldehydes is 1. The van der Waals surface area contributed by atoms with Crippen LogP contribution < -0.4 is 0 Å². The summed E-state index contributed by atoms with van der Waals surface area (Å²) in [6.07, 6.45) is 4.34. The van der Waals surface area contributed by atoms with Gasteiger partial charge in [0.15, 0.2) is 6.29 Å². The van der Waals surface area contributed by atoms with Crippen LogP contribution in [0.4, 0.5) is 0 Å². The van der Waals surface area contributed by atoms with Crippen molar-refractivity contribution in [3.63, 3.8) is 0 Å². The number of hydrogen-bond donors (Lipinski definition) is 0. The van der Waals surface area contributed by atoms with Crippen LogP contribution in [0, 0.1) is 0 Å². The van der Waals surface area contributed by atoms with Gasteiger partial charge in [0, 0.05) is 28.7 Å². The molecule has 0 aromatic carbocycles. The molecule has 0 fully saturated rings. The first kappa shape index (κ1) is 6.49. The van der Waals surface area contributed by atoms with E-state index in [2.05, 4.69) is 4.98 Å². The SMILES string of the molecule is O=Cc1csc2cnccc12. The number of pyridine rings is 1. The standard InChI is InChI=1S/C8H5NOS/c10-4-6-5-11-8-3-9-2-1-7(6)8/h1-5H. The topological polar surface area (TPSA) is 30.0 Å². The smallest absolute Gasteiger partial charge is 0.151 e. The van der Waals surface area contributed by atoms with Gasteiger partial charge >= 0.3 is 0 Å². The van der Waals surface area contributed by atoms with Crippen molar-refractivity contribution >= 4 is 27.7 Å². The highest BCUT2D eigenvalue weighted by atomic mass is 32.1. The van der Waals surface area contributed by atoms with Crippen LogP contribution in [0.5, 0.6) is 0 Å². The fraction of sp³-hybridized carbons (Fsp3) is 0. The van der Waals surface area contributed by atoms with E-state index >= 15 is 0 Å². The van der Waals surface area contributed by atoms with Crippen molar-refractivity contribution in [3.8, 4) is 0 Å². The van der Waals surface area contributed by atoms with Gasteiger partial charge in [-0.3, -0.25) is 9.78 Å². The lowest BCUT2D eigenvalue weighted by atomic mass is 10.2. The largest absolute Gasteiger partial charge is 0.298 e. The Bertz CT molecular complexity index is 394. The number of rotatable bonds is 1. The Balaban J connectivity index is 2.86. The van der Waals surface area contributed by atoms with Crippen LogP contribution >= 0.6 is 11.3 Å². The Morgan fingerprint density at radius 1 is 1.55 bits per heavy atom. The molecule has 11 heavy (non-hydrogen) atoms. The summed E-state index contributed by atoms with van der Waals surface area (Å²) in [6.45, 7) is 0. The van der Waals surface area contributed by atoms with E-state index in [1.165, 1.54) is 0 Å². The molecule has 0 aliphatic heterocycles. The van der Waals surface area contributed by atoms with E-state index in [-0.39, 0.29) is 0 Å². The summed E-state index contributed by atoms with van der Waals surface area (Å²) in [5, 5.41) is 2.85. The maximum Gasteiger partial charge on any atom is 0.151 e. The van der Waals surface area contributed by atoms with Gasteiger partial charge in [0.05, 0.1) is 4.70 Å². The number of fused-ring (bicyclic) bond motifs is 1. The molecule has 54 valence electrons. The van der Waals surface area contributed by atoms with E-state index in [0.717, 1.165) is 21.9 Å². The van der Waals surface area contributed by atoms with Crippen molar-refractivity contribution in [2.24, 2.45) is 0 Å². The molecule has 3 heteroatoms. The summed E-state index contributed by atoms with van der Waals surface area (Å²) in [5.74, 6) is 0. The van der Waals surface area contributed by atoms with Gasteiger partial charge in [-0.15, -0.1) is 11.3 Å². The Kier molecular flexibility index (Phi) is 1.43.